The average molecular weight is 604 g/mol. The van der Waals surface area contributed by atoms with Crippen molar-refractivity contribution in [2.75, 3.05) is 6.61 Å². The average Bonchev–Trinajstić information content (AvgIpc) is 3.64. The minimum absolute atomic E-state index is 0.0935. The van der Waals surface area contributed by atoms with Crippen LogP contribution in [0.4, 0.5) is 0 Å². The molecule has 0 radical (unpaired) electrons. The Morgan fingerprint density at radius 3 is 2.60 bits per heavy atom. The van der Waals surface area contributed by atoms with Crippen molar-refractivity contribution in [1.29, 1.82) is 0 Å². The molecular weight excluding hydrogens is 585 g/mol. The molecular formula is C24H19ClN5O8PS. The third-order valence-corrected chi connectivity index (χ3v) is 9.50. The number of imidazole rings is 2. The number of halogens is 1. The van der Waals surface area contributed by atoms with Gasteiger partial charge in [-0.1, -0.05) is 41.9 Å². The van der Waals surface area contributed by atoms with E-state index in [-0.39, 0.29) is 28.4 Å². The lowest BCUT2D eigenvalue weighted by atomic mass is 10.1. The molecule has 3 aromatic heterocycles. The summed E-state index contributed by atoms with van der Waals surface area (Å²) < 4.78 is 46.5. The fourth-order valence-corrected chi connectivity index (χ4v) is 7.18. The Morgan fingerprint density at radius 1 is 1.10 bits per heavy atom. The Labute approximate surface area is 231 Å². The van der Waals surface area contributed by atoms with Crippen LogP contribution in [0.15, 0.2) is 75.6 Å². The lowest BCUT2D eigenvalue weighted by molar-refractivity contribution is -0.0615. The number of hydrogen-bond acceptors (Lipinski definition) is 10. The van der Waals surface area contributed by atoms with Gasteiger partial charge in [-0.05, 0) is 29.8 Å². The number of nitrogens with zero attached hydrogens (tertiary/aromatic N) is 4. The highest BCUT2D eigenvalue weighted by Crippen LogP contribution is 2.47. The number of aromatic amines is 1. The second kappa shape index (κ2) is 9.43. The molecule has 0 aliphatic carbocycles. The van der Waals surface area contributed by atoms with Crippen LogP contribution in [0.1, 0.15) is 6.23 Å². The molecule has 2 fully saturated rings. The number of benzene rings is 2. The maximum Gasteiger partial charge on any atom is 0.330 e. The fraction of sp³-hybridized carbons (Fsp3) is 0.208. The summed E-state index contributed by atoms with van der Waals surface area (Å²) in [6.45, 7) is -0.0935. The molecule has 5 heterocycles. The van der Waals surface area contributed by atoms with Gasteiger partial charge < -0.3 is 28.8 Å². The topological polar surface area (TPSA) is 170 Å². The van der Waals surface area contributed by atoms with Gasteiger partial charge in [-0.25, -0.2) is 17.8 Å². The lowest BCUT2D eigenvalue weighted by Gasteiger charge is -2.27. The van der Waals surface area contributed by atoms with Gasteiger partial charge >= 0.3 is 8.60 Å². The van der Waals surface area contributed by atoms with E-state index in [9.17, 15) is 23.2 Å². The normalized spacial score (nSPS) is 25.0. The van der Waals surface area contributed by atoms with Crippen LogP contribution in [0.2, 0.25) is 5.02 Å². The van der Waals surface area contributed by atoms with Crippen molar-refractivity contribution < 1.29 is 32.2 Å². The molecule has 2 aromatic carbocycles. The number of H-pyrrole nitrogens is 1. The minimum Gasteiger partial charge on any atom is -0.386 e. The highest BCUT2D eigenvalue weighted by Gasteiger charge is 2.51. The first-order valence-corrected chi connectivity index (χ1v) is 14.9. The number of aliphatic hydroxyl groups is 1. The van der Waals surface area contributed by atoms with Gasteiger partial charge in [-0.2, -0.15) is 4.98 Å². The molecule has 40 heavy (non-hydrogen) atoms. The molecule has 0 saturated carbocycles. The summed E-state index contributed by atoms with van der Waals surface area (Å²) in [5.74, 6) is 0.122. The Hall–Kier alpha value is -3.20. The summed E-state index contributed by atoms with van der Waals surface area (Å²) in [7, 11) is -6.63. The molecule has 206 valence electrons. The van der Waals surface area contributed by atoms with Crippen molar-refractivity contribution in [3.8, 4) is 11.3 Å². The van der Waals surface area contributed by atoms with Gasteiger partial charge in [0.2, 0.25) is 20.8 Å². The molecule has 13 nitrogen and oxygen atoms in total. The zero-order chi connectivity index (χ0) is 27.8. The van der Waals surface area contributed by atoms with E-state index in [1.165, 1.54) is 28.7 Å². The number of nitrogens with one attached hydrogen (secondary N) is 1. The number of ether oxygens (including phenoxy) is 1. The molecule has 0 bridgehead atoms. The maximum absolute atomic E-state index is 13.8. The number of fused-ring (bicyclic) bond motifs is 3. The second-order valence-corrected chi connectivity index (χ2v) is 12.4. The minimum atomic E-state index is -4.38. The van der Waals surface area contributed by atoms with Crippen LogP contribution < -0.4 is 5.56 Å². The van der Waals surface area contributed by atoms with Gasteiger partial charge in [0, 0.05) is 11.2 Å². The number of aromatic nitrogens is 5. The summed E-state index contributed by atoms with van der Waals surface area (Å²) in [4.78, 5) is 35.2. The first kappa shape index (κ1) is 25.7. The molecule has 5 aromatic rings. The third-order valence-electron chi connectivity index (χ3n) is 6.79. The lowest BCUT2D eigenvalue weighted by Crippen LogP contribution is -2.38. The van der Waals surface area contributed by atoms with Crippen LogP contribution in [-0.2, 0) is 23.6 Å². The molecule has 0 amide bonds. The molecule has 5 atom stereocenters. The van der Waals surface area contributed by atoms with Crippen molar-refractivity contribution in [1.82, 2.24) is 23.9 Å². The van der Waals surface area contributed by atoms with Gasteiger partial charge in [0.15, 0.2) is 17.4 Å². The SMILES string of the molecule is O=c1c2nc(S(=O)(=O)c3ccc(Cl)cc3)n(C3OC4COP(O)OC4C3O)c2nc2[nH]c(-c3ccccc3)cn12. The largest absolute Gasteiger partial charge is 0.386 e. The Balaban J connectivity index is 1.47. The summed E-state index contributed by atoms with van der Waals surface area (Å²) in [5.41, 5.74) is 0.386. The first-order valence-electron chi connectivity index (χ1n) is 11.9. The van der Waals surface area contributed by atoms with Crippen molar-refractivity contribution in [3.05, 3.63) is 76.2 Å². The predicted molar refractivity (Wildman–Crippen MR) is 141 cm³/mol. The second-order valence-electron chi connectivity index (χ2n) is 9.20. The molecule has 2 aliphatic rings. The monoisotopic (exact) mass is 603 g/mol. The Bertz CT molecular complexity index is 1930. The van der Waals surface area contributed by atoms with Crippen LogP contribution in [0.5, 0.6) is 0 Å². The molecule has 2 aliphatic heterocycles. The first-order chi connectivity index (χ1) is 19.2. The van der Waals surface area contributed by atoms with E-state index >= 15 is 0 Å². The van der Waals surface area contributed by atoms with Crippen molar-refractivity contribution in [2.45, 2.75) is 34.6 Å². The number of sulfone groups is 1. The molecule has 16 heteroatoms. The summed E-state index contributed by atoms with van der Waals surface area (Å²) in [6, 6.07) is 14.7. The number of rotatable bonds is 4. The third kappa shape index (κ3) is 3.99. The van der Waals surface area contributed by atoms with E-state index in [0.29, 0.717) is 10.7 Å². The van der Waals surface area contributed by atoms with Crippen LogP contribution in [0, 0.1) is 0 Å². The molecule has 5 unspecified atom stereocenters. The standard InChI is InChI=1S/C24H19ClN5O8PS/c25-13-6-8-14(9-7-13)40(34,35)24-27-17-20(30(24)22-18(31)19-16(37-22)11-36-39(33)38-19)28-23-26-15(10-29(23)21(17)32)12-4-2-1-3-5-12/h1-10,16,18-19,22,31,33H,11H2,(H,26,28). The summed E-state index contributed by atoms with van der Waals surface area (Å²) in [6.07, 6.45) is -3.13. The Morgan fingerprint density at radius 2 is 1.85 bits per heavy atom. The predicted octanol–water partition coefficient (Wildman–Crippen LogP) is 2.42. The molecule has 7 rings (SSSR count). The summed E-state index contributed by atoms with van der Waals surface area (Å²) >= 11 is 5.96. The van der Waals surface area contributed by atoms with Crippen molar-refractivity contribution >= 4 is 47.0 Å². The molecule has 3 N–H and O–H groups in total. The van der Waals surface area contributed by atoms with E-state index in [1.807, 2.05) is 30.3 Å². The highest BCUT2D eigenvalue weighted by atomic mass is 35.5. The quantitative estimate of drug-likeness (QED) is 0.259. The summed E-state index contributed by atoms with van der Waals surface area (Å²) in [5, 5.41) is 10.9. The van der Waals surface area contributed by atoms with Crippen LogP contribution in [-0.4, -0.2) is 67.3 Å². The van der Waals surface area contributed by atoms with E-state index in [1.54, 1.807) is 6.20 Å². The number of aliphatic hydroxyl groups excluding tert-OH is 1. The van der Waals surface area contributed by atoms with Crippen molar-refractivity contribution in [2.24, 2.45) is 0 Å². The van der Waals surface area contributed by atoms with Gasteiger partial charge in [-0.15, -0.1) is 0 Å². The van der Waals surface area contributed by atoms with E-state index < -0.39 is 53.7 Å². The fourth-order valence-electron chi connectivity index (χ4n) is 4.88. The maximum atomic E-state index is 13.8. The number of hydrogen-bond donors (Lipinski definition) is 3. The van der Waals surface area contributed by atoms with E-state index in [4.69, 9.17) is 25.4 Å². The van der Waals surface area contributed by atoms with E-state index in [2.05, 4.69) is 15.0 Å². The molecule has 0 spiro atoms. The zero-order valence-electron chi connectivity index (χ0n) is 20.2. The van der Waals surface area contributed by atoms with Gasteiger partial charge in [-0.3, -0.25) is 9.36 Å². The van der Waals surface area contributed by atoms with Crippen LogP contribution >= 0.6 is 20.2 Å². The smallest absolute Gasteiger partial charge is 0.330 e. The van der Waals surface area contributed by atoms with Crippen LogP contribution in [0.3, 0.4) is 0 Å². The zero-order valence-corrected chi connectivity index (χ0v) is 22.6. The highest BCUT2D eigenvalue weighted by molar-refractivity contribution is 7.91. The van der Waals surface area contributed by atoms with Gasteiger partial charge in [0.25, 0.3) is 5.56 Å². The van der Waals surface area contributed by atoms with E-state index in [0.717, 1.165) is 10.1 Å². The van der Waals surface area contributed by atoms with Gasteiger partial charge in [0.05, 0.1) is 17.2 Å². The van der Waals surface area contributed by atoms with Crippen molar-refractivity contribution in [3.63, 3.8) is 0 Å². The van der Waals surface area contributed by atoms with Crippen LogP contribution in [0.25, 0.3) is 28.2 Å². The van der Waals surface area contributed by atoms with Gasteiger partial charge in [0.1, 0.15) is 18.3 Å². The molecule has 2 saturated heterocycles. The Kier molecular flexibility index (Phi) is 6.07.